The number of anilines is 1. The summed E-state index contributed by atoms with van der Waals surface area (Å²) < 4.78 is 2.90. The van der Waals surface area contributed by atoms with E-state index in [1.807, 2.05) is 16.7 Å². The van der Waals surface area contributed by atoms with E-state index >= 15 is 0 Å². The SMILES string of the molecule is C=CCn1c(SCC(=O)Nc2ccc(Br)cc2Cl)nnc1C1CC1. The Bertz CT molecular complexity index is 775. The van der Waals surface area contributed by atoms with Crippen LogP contribution in [0.4, 0.5) is 5.69 Å². The van der Waals surface area contributed by atoms with Crippen molar-refractivity contribution in [1.29, 1.82) is 0 Å². The zero-order valence-electron chi connectivity index (χ0n) is 12.8. The Morgan fingerprint density at radius 3 is 2.96 bits per heavy atom. The molecule has 0 unspecified atom stereocenters. The number of allylic oxidation sites excluding steroid dienone is 1. The number of hydrogen-bond donors (Lipinski definition) is 1. The van der Waals surface area contributed by atoms with E-state index in [1.54, 1.807) is 12.1 Å². The minimum absolute atomic E-state index is 0.134. The van der Waals surface area contributed by atoms with Crippen molar-refractivity contribution in [2.75, 3.05) is 11.1 Å². The lowest BCUT2D eigenvalue weighted by Gasteiger charge is -2.08. The summed E-state index contributed by atoms with van der Waals surface area (Å²) in [7, 11) is 0. The van der Waals surface area contributed by atoms with E-state index in [-0.39, 0.29) is 11.7 Å². The summed E-state index contributed by atoms with van der Waals surface area (Å²) in [6.45, 7) is 4.44. The molecule has 1 N–H and O–H groups in total. The van der Waals surface area contributed by atoms with Crippen LogP contribution in [0.15, 0.2) is 40.5 Å². The number of nitrogens with zero attached hydrogens (tertiary/aromatic N) is 3. The topological polar surface area (TPSA) is 59.8 Å². The van der Waals surface area contributed by atoms with Gasteiger partial charge >= 0.3 is 0 Å². The number of carbonyl (C=O) groups excluding carboxylic acids is 1. The number of nitrogens with one attached hydrogen (secondary N) is 1. The Morgan fingerprint density at radius 2 is 2.29 bits per heavy atom. The van der Waals surface area contributed by atoms with Gasteiger partial charge in [-0.15, -0.1) is 16.8 Å². The first kappa shape index (κ1) is 17.5. The Balaban J connectivity index is 1.62. The molecule has 1 saturated carbocycles. The fraction of sp³-hybridized carbons (Fsp3) is 0.312. The van der Waals surface area contributed by atoms with Crippen molar-refractivity contribution in [3.05, 3.63) is 46.2 Å². The molecule has 0 spiro atoms. The van der Waals surface area contributed by atoms with Crippen molar-refractivity contribution >= 4 is 50.9 Å². The van der Waals surface area contributed by atoms with Crippen LogP contribution < -0.4 is 5.32 Å². The summed E-state index contributed by atoms with van der Waals surface area (Å²) in [6.07, 6.45) is 4.13. The second-order valence-corrected chi connectivity index (χ2v) is 7.74. The Kier molecular flexibility index (Phi) is 5.63. The summed E-state index contributed by atoms with van der Waals surface area (Å²) in [6, 6.07) is 5.34. The third-order valence-electron chi connectivity index (χ3n) is 3.54. The zero-order chi connectivity index (χ0) is 17.1. The van der Waals surface area contributed by atoms with E-state index in [0.717, 1.165) is 28.3 Å². The van der Waals surface area contributed by atoms with Crippen LogP contribution in [0, 0.1) is 0 Å². The predicted molar refractivity (Wildman–Crippen MR) is 101 cm³/mol. The molecule has 0 aliphatic heterocycles. The summed E-state index contributed by atoms with van der Waals surface area (Å²) in [5.74, 6) is 1.60. The van der Waals surface area contributed by atoms with Gasteiger partial charge < -0.3 is 9.88 Å². The molecule has 1 aliphatic carbocycles. The highest BCUT2D eigenvalue weighted by Crippen LogP contribution is 2.40. The van der Waals surface area contributed by atoms with Crippen LogP contribution in [0.1, 0.15) is 24.6 Å². The molecule has 1 heterocycles. The van der Waals surface area contributed by atoms with Crippen molar-refractivity contribution < 1.29 is 4.79 Å². The molecule has 8 heteroatoms. The molecule has 1 aromatic heterocycles. The smallest absolute Gasteiger partial charge is 0.234 e. The van der Waals surface area contributed by atoms with Crippen LogP contribution in [-0.4, -0.2) is 26.4 Å². The van der Waals surface area contributed by atoms with E-state index in [9.17, 15) is 4.79 Å². The van der Waals surface area contributed by atoms with Gasteiger partial charge in [0.2, 0.25) is 5.91 Å². The Labute approximate surface area is 158 Å². The predicted octanol–water partition coefficient (Wildman–Crippen LogP) is 4.49. The molecular weight excluding hydrogens is 412 g/mol. The van der Waals surface area contributed by atoms with Gasteiger partial charge in [-0.1, -0.05) is 45.4 Å². The van der Waals surface area contributed by atoms with Crippen LogP contribution >= 0.6 is 39.3 Å². The highest BCUT2D eigenvalue weighted by molar-refractivity contribution is 9.10. The molecule has 126 valence electrons. The van der Waals surface area contributed by atoms with E-state index < -0.39 is 0 Å². The Hall–Kier alpha value is -1.31. The van der Waals surface area contributed by atoms with Crippen LogP contribution in [-0.2, 0) is 11.3 Å². The van der Waals surface area contributed by atoms with Gasteiger partial charge in [-0.05, 0) is 31.0 Å². The maximum atomic E-state index is 12.2. The molecular formula is C16H16BrClN4OS. The number of thioether (sulfide) groups is 1. The fourth-order valence-corrected chi connectivity index (χ4v) is 3.73. The fourth-order valence-electron chi connectivity index (χ4n) is 2.26. The van der Waals surface area contributed by atoms with Crippen molar-refractivity contribution in [3.63, 3.8) is 0 Å². The third kappa shape index (κ3) is 4.20. The van der Waals surface area contributed by atoms with Gasteiger partial charge in [-0.2, -0.15) is 0 Å². The number of halogens is 2. The van der Waals surface area contributed by atoms with Gasteiger partial charge in [0.25, 0.3) is 0 Å². The maximum absolute atomic E-state index is 12.2. The first-order chi connectivity index (χ1) is 11.6. The lowest BCUT2D eigenvalue weighted by Crippen LogP contribution is -2.15. The molecule has 5 nitrogen and oxygen atoms in total. The molecule has 1 aromatic carbocycles. The first-order valence-electron chi connectivity index (χ1n) is 7.50. The molecule has 24 heavy (non-hydrogen) atoms. The highest BCUT2D eigenvalue weighted by Gasteiger charge is 2.30. The number of hydrogen-bond acceptors (Lipinski definition) is 4. The van der Waals surface area contributed by atoms with E-state index in [1.165, 1.54) is 11.8 Å². The van der Waals surface area contributed by atoms with Gasteiger partial charge in [0.15, 0.2) is 5.16 Å². The number of amides is 1. The van der Waals surface area contributed by atoms with Gasteiger partial charge in [0.05, 0.1) is 16.5 Å². The van der Waals surface area contributed by atoms with Gasteiger partial charge in [-0.25, -0.2) is 0 Å². The standard InChI is InChI=1S/C16H16BrClN4OS/c1-2-7-22-15(10-3-4-10)20-21-16(22)24-9-14(23)19-13-6-5-11(17)8-12(13)18/h2,5-6,8,10H,1,3-4,7,9H2,(H,19,23). The second kappa shape index (κ2) is 7.72. The van der Waals surface area contributed by atoms with Crippen molar-refractivity contribution in [1.82, 2.24) is 14.8 Å². The minimum Gasteiger partial charge on any atom is -0.324 e. The molecule has 1 aliphatic rings. The van der Waals surface area contributed by atoms with E-state index in [2.05, 4.69) is 38.0 Å². The molecule has 0 radical (unpaired) electrons. The lowest BCUT2D eigenvalue weighted by molar-refractivity contribution is -0.113. The average Bonchev–Trinajstić information content (AvgIpc) is 3.31. The third-order valence-corrected chi connectivity index (χ3v) is 5.31. The van der Waals surface area contributed by atoms with Gasteiger partial charge in [0, 0.05) is 16.9 Å². The number of aromatic nitrogens is 3. The number of benzene rings is 1. The molecule has 0 atom stereocenters. The van der Waals surface area contributed by atoms with E-state index in [0.29, 0.717) is 23.2 Å². The lowest BCUT2D eigenvalue weighted by atomic mass is 10.3. The van der Waals surface area contributed by atoms with Crippen molar-refractivity contribution in [3.8, 4) is 0 Å². The van der Waals surface area contributed by atoms with E-state index in [4.69, 9.17) is 11.6 Å². The molecule has 3 rings (SSSR count). The monoisotopic (exact) mass is 426 g/mol. The molecule has 1 fully saturated rings. The highest BCUT2D eigenvalue weighted by atomic mass is 79.9. The maximum Gasteiger partial charge on any atom is 0.234 e. The number of rotatable bonds is 7. The van der Waals surface area contributed by atoms with Crippen LogP contribution in [0.3, 0.4) is 0 Å². The average molecular weight is 428 g/mol. The molecule has 0 bridgehead atoms. The molecule has 0 saturated heterocycles. The zero-order valence-corrected chi connectivity index (χ0v) is 16.0. The quantitative estimate of drug-likeness (QED) is 0.522. The van der Waals surface area contributed by atoms with Gasteiger partial charge in [0.1, 0.15) is 5.82 Å². The Morgan fingerprint density at radius 1 is 1.50 bits per heavy atom. The first-order valence-corrected chi connectivity index (χ1v) is 9.66. The second-order valence-electron chi connectivity index (χ2n) is 5.48. The van der Waals surface area contributed by atoms with Crippen LogP contribution in [0.5, 0.6) is 0 Å². The number of carbonyl (C=O) groups is 1. The summed E-state index contributed by atoms with van der Waals surface area (Å²) in [5, 5.41) is 12.5. The largest absolute Gasteiger partial charge is 0.324 e. The molecule has 1 amide bonds. The summed E-state index contributed by atoms with van der Waals surface area (Å²) in [5.41, 5.74) is 0.594. The van der Waals surface area contributed by atoms with Gasteiger partial charge in [-0.3, -0.25) is 4.79 Å². The summed E-state index contributed by atoms with van der Waals surface area (Å²) >= 11 is 10.8. The van der Waals surface area contributed by atoms with Crippen molar-refractivity contribution in [2.45, 2.75) is 30.5 Å². The van der Waals surface area contributed by atoms with Crippen LogP contribution in [0.2, 0.25) is 5.02 Å². The van der Waals surface area contributed by atoms with Crippen molar-refractivity contribution in [2.24, 2.45) is 0 Å². The normalized spacial score (nSPS) is 13.8. The minimum atomic E-state index is -0.134. The summed E-state index contributed by atoms with van der Waals surface area (Å²) in [4.78, 5) is 12.2. The van der Waals surface area contributed by atoms with Crippen LogP contribution in [0.25, 0.3) is 0 Å². The molecule has 2 aromatic rings.